The van der Waals surface area contributed by atoms with Crippen LogP contribution in [0.3, 0.4) is 0 Å². The standard InChI is InChI=1S/C18H24N4O2S/c23-25(24)12-7-16(14-25)20-15-5-10-21(11-6-15)17-3-1-4-18(13-17)22-9-2-8-19-22/h1-4,8-9,13,15-16,20H,5-7,10-12,14H2/t16-/m0/s1. The zero-order chi connectivity index (χ0) is 17.3. The van der Waals surface area contributed by atoms with Crippen molar-refractivity contribution < 1.29 is 8.42 Å². The Kier molecular flexibility index (Phi) is 4.52. The van der Waals surface area contributed by atoms with Crippen molar-refractivity contribution in [2.75, 3.05) is 29.5 Å². The molecule has 0 radical (unpaired) electrons. The Balaban J connectivity index is 1.35. The second-order valence-corrected chi connectivity index (χ2v) is 9.23. The Labute approximate surface area is 148 Å². The van der Waals surface area contributed by atoms with E-state index in [1.54, 1.807) is 6.20 Å². The van der Waals surface area contributed by atoms with Crippen LogP contribution in [0.5, 0.6) is 0 Å². The fraction of sp³-hybridized carbons (Fsp3) is 0.500. The first-order valence-corrected chi connectivity index (χ1v) is 10.7. The SMILES string of the molecule is O=S1(=O)CC[C@H](NC2CCN(c3cccc(-n4cccn4)c3)CC2)C1. The van der Waals surface area contributed by atoms with Crippen molar-refractivity contribution in [1.82, 2.24) is 15.1 Å². The number of hydrogen-bond acceptors (Lipinski definition) is 5. The minimum atomic E-state index is -2.81. The van der Waals surface area contributed by atoms with Crippen LogP contribution in [-0.4, -0.2) is 54.9 Å². The molecule has 3 heterocycles. The summed E-state index contributed by atoms with van der Waals surface area (Å²) in [5.41, 5.74) is 2.29. The van der Waals surface area contributed by atoms with Crippen LogP contribution in [0, 0.1) is 0 Å². The van der Waals surface area contributed by atoms with Gasteiger partial charge in [0.05, 0.1) is 17.2 Å². The maximum Gasteiger partial charge on any atom is 0.151 e. The number of hydrogen-bond donors (Lipinski definition) is 1. The van der Waals surface area contributed by atoms with Gasteiger partial charge in [-0.15, -0.1) is 0 Å². The average molecular weight is 360 g/mol. The van der Waals surface area contributed by atoms with Crippen molar-refractivity contribution in [1.29, 1.82) is 0 Å². The summed E-state index contributed by atoms with van der Waals surface area (Å²) in [6, 6.07) is 10.9. The number of aromatic nitrogens is 2. The van der Waals surface area contributed by atoms with Gasteiger partial charge in [-0.1, -0.05) is 6.07 Å². The van der Waals surface area contributed by atoms with Crippen LogP contribution in [0.2, 0.25) is 0 Å². The lowest BCUT2D eigenvalue weighted by atomic mass is 10.0. The topological polar surface area (TPSA) is 67.2 Å². The van der Waals surface area contributed by atoms with Gasteiger partial charge in [-0.2, -0.15) is 5.10 Å². The summed E-state index contributed by atoms with van der Waals surface area (Å²) in [6.07, 6.45) is 6.58. The van der Waals surface area contributed by atoms with E-state index in [4.69, 9.17) is 0 Å². The quantitative estimate of drug-likeness (QED) is 0.897. The Morgan fingerprint density at radius 1 is 1.04 bits per heavy atom. The predicted molar refractivity (Wildman–Crippen MR) is 99.0 cm³/mol. The van der Waals surface area contributed by atoms with Gasteiger partial charge in [0.25, 0.3) is 0 Å². The fourth-order valence-electron chi connectivity index (χ4n) is 3.82. The normalized spacial score (nSPS) is 23.8. The maximum absolute atomic E-state index is 11.6. The number of nitrogens with one attached hydrogen (secondary N) is 1. The van der Waals surface area contributed by atoms with Gasteiger partial charge in [0.15, 0.2) is 9.84 Å². The molecule has 7 heteroatoms. The lowest BCUT2D eigenvalue weighted by molar-refractivity contribution is 0.379. The second-order valence-electron chi connectivity index (χ2n) is 7.00. The van der Waals surface area contributed by atoms with Crippen LogP contribution in [0.25, 0.3) is 5.69 Å². The van der Waals surface area contributed by atoms with Gasteiger partial charge in [-0.3, -0.25) is 0 Å². The van der Waals surface area contributed by atoms with Gasteiger partial charge in [0.2, 0.25) is 0 Å². The molecule has 0 unspecified atom stereocenters. The van der Waals surface area contributed by atoms with E-state index in [2.05, 4.69) is 39.6 Å². The molecule has 4 rings (SSSR count). The zero-order valence-electron chi connectivity index (χ0n) is 14.2. The van der Waals surface area contributed by atoms with Gasteiger partial charge in [-0.25, -0.2) is 13.1 Å². The minimum absolute atomic E-state index is 0.143. The maximum atomic E-state index is 11.6. The van der Waals surface area contributed by atoms with E-state index in [0.29, 0.717) is 17.5 Å². The molecular formula is C18H24N4O2S. The largest absolute Gasteiger partial charge is 0.371 e. The highest BCUT2D eigenvalue weighted by Crippen LogP contribution is 2.23. The third-order valence-electron chi connectivity index (χ3n) is 5.16. The molecule has 1 aromatic heterocycles. The third kappa shape index (κ3) is 3.88. The molecule has 0 saturated carbocycles. The van der Waals surface area contributed by atoms with Crippen molar-refractivity contribution in [2.24, 2.45) is 0 Å². The molecule has 2 aliphatic heterocycles. The van der Waals surface area contributed by atoms with Crippen LogP contribution in [0.4, 0.5) is 5.69 Å². The highest BCUT2D eigenvalue weighted by atomic mass is 32.2. The predicted octanol–water partition coefficient (Wildman–Crippen LogP) is 1.62. The van der Waals surface area contributed by atoms with Crippen molar-refractivity contribution in [3.05, 3.63) is 42.7 Å². The molecule has 0 amide bonds. The Morgan fingerprint density at radius 3 is 2.52 bits per heavy atom. The van der Waals surface area contributed by atoms with Gasteiger partial charge < -0.3 is 10.2 Å². The van der Waals surface area contributed by atoms with E-state index in [9.17, 15) is 8.42 Å². The summed E-state index contributed by atoms with van der Waals surface area (Å²) in [4.78, 5) is 2.40. The molecule has 2 fully saturated rings. The number of sulfone groups is 1. The van der Waals surface area contributed by atoms with E-state index >= 15 is 0 Å². The first kappa shape index (κ1) is 16.6. The van der Waals surface area contributed by atoms with Gasteiger partial charge in [0.1, 0.15) is 0 Å². The summed E-state index contributed by atoms with van der Waals surface area (Å²) in [5.74, 6) is 0.642. The Hall–Kier alpha value is -1.86. The molecule has 1 aromatic carbocycles. The summed E-state index contributed by atoms with van der Waals surface area (Å²) in [6.45, 7) is 1.97. The minimum Gasteiger partial charge on any atom is -0.371 e. The van der Waals surface area contributed by atoms with Crippen LogP contribution in [-0.2, 0) is 9.84 Å². The van der Waals surface area contributed by atoms with Crippen LogP contribution in [0.15, 0.2) is 42.7 Å². The lowest BCUT2D eigenvalue weighted by Gasteiger charge is -2.35. The average Bonchev–Trinajstić information content (AvgIpc) is 3.25. The molecule has 25 heavy (non-hydrogen) atoms. The zero-order valence-corrected chi connectivity index (χ0v) is 15.0. The van der Waals surface area contributed by atoms with E-state index in [1.165, 1.54) is 5.69 Å². The Bertz CT molecular complexity index is 811. The molecule has 134 valence electrons. The fourth-order valence-corrected chi connectivity index (χ4v) is 5.50. The first-order valence-electron chi connectivity index (χ1n) is 8.91. The molecule has 1 N–H and O–H groups in total. The van der Waals surface area contributed by atoms with Crippen LogP contribution >= 0.6 is 0 Å². The molecular weight excluding hydrogens is 336 g/mol. The van der Waals surface area contributed by atoms with Crippen molar-refractivity contribution in [3.8, 4) is 5.69 Å². The Morgan fingerprint density at radius 2 is 1.84 bits per heavy atom. The monoisotopic (exact) mass is 360 g/mol. The van der Waals surface area contributed by atoms with Gasteiger partial charge >= 0.3 is 0 Å². The number of benzene rings is 1. The third-order valence-corrected chi connectivity index (χ3v) is 6.93. The van der Waals surface area contributed by atoms with Gasteiger partial charge in [-0.05, 0) is 43.5 Å². The highest BCUT2D eigenvalue weighted by molar-refractivity contribution is 7.91. The van der Waals surface area contributed by atoms with E-state index in [0.717, 1.165) is 38.0 Å². The second kappa shape index (κ2) is 6.80. The first-order chi connectivity index (χ1) is 12.1. The summed E-state index contributed by atoms with van der Waals surface area (Å²) < 4.78 is 25.1. The van der Waals surface area contributed by atoms with Crippen molar-refractivity contribution in [2.45, 2.75) is 31.3 Å². The number of rotatable bonds is 4. The summed E-state index contributed by atoms with van der Waals surface area (Å²) in [5, 5.41) is 7.85. The molecule has 6 nitrogen and oxygen atoms in total. The summed E-state index contributed by atoms with van der Waals surface area (Å²) in [7, 11) is -2.81. The molecule has 2 saturated heterocycles. The van der Waals surface area contributed by atoms with E-state index in [-0.39, 0.29) is 6.04 Å². The molecule has 1 atom stereocenters. The smallest absolute Gasteiger partial charge is 0.151 e. The van der Waals surface area contributed by atoms with Gasteiger partial charge in [0, 0.05) is 43.3 Å². The van der Waals surface area contributed by atoms with E-state index in [1.807, 2.05) is 16.9 Å². The molecule has 2 aromatic rings. The molecule has 0 bridgehead atoms. The van der Waals surface area contributed by atoms with Crippen molar-refractivity contribution >= 4 is 15.5 Å². The number of piperidine rings is 1. The molecule has 0 aliphatic carbocycles. The van der Waals surface area contributed by atoms with Crippen LogP contribution < -0.4 is 10.2 Å². The highest BCUT2D eigenvalue weighted by Gasteiger charge is 2.30. The van der Waals surface area contributed by atoms with E-state index < -0.39 is 9.84 Å². The number of anilines is 1. The number of nitrogens with zero attached hydrogens (tertiary/aromatic N) is 3. The molecule has 2 aliphatic rings. The summed E-state index contributed by atoms with van der Waals surface area (Å²) >= 11 is 0. The molecule has 0 spiro atoms. The lowest BCUT2D eigenvalue weighted by Crippen LogP contribution is -2.46. The van der Waals surface area contributed by atoms with Crippen LogP contribution in [0.1, 0.15) is 19.3 Å². The van der Waals surface area contributed by atoms with Crippen molar-refractivity contribution in [3.63, 3.8) is 0 Å².